The molecule has 0 aromatic carbocycles. The number of carboxylic acids is 1. The van der Waals surface area contributed by atoms with Gasteiger partial charge in [-0.1, -0.05) is 0 Å². The smallest absolute Gasteiger partial charge is 0.306 e. The van der Waals surface area contributed by atoms with Crippen LogP contribution in [0.1, 0.15) is 26.2 Å². The SMILES string of the molecule is CC(=O)N1CCC(C2CC2C(=O)O)CC1. The summed E-state index contributed by atoms with van der Waals surface area (Å²) in [5.41, 5.74) is 0. The molecule has 2 atom stereocenters. The topological polar surface area (TPSA) is 57.6 Å². The third-order valence-electron chi connectivity index (χ3n) is 3.75. The lowest BCUT2D eigenvalue weighted by Gasteiger charge is -2.31. The van der Waals surface area contributed by atoms with Crippen LogP contribution >= 0.6 is 0 Å². The summed E-state index contributed by atoms with van der Waals surface area (Å²) in [7, 11) is 0. The van der Waals surface area contributed by atoms with Crippen LogP contribution in [0.15, 0.2) is 0 Å². The van der Waals surface area contributed by atoms with E-state index in [-0.39, 0.29) is 11.8 Å². The van der Waals surface area contributed by atoms with Crippen molar-refractivity contribution in [1.29, 1.82) is 0 Å². The van der Waals surface area contributed by atoms with Gasteiger partial charge < -0.3 is 10.0 Å². The molecule has 2 rings (SSSR count). The number of nitrogens with zero attached hydrogens (tertiary/aromatic N) is 1. The number of aliphatic carboxylic acids is 1. The Morgan fingerprint density at radius 3 is 2.27 bits per heavy atom. The van der Waals surface area contributed by atoms with Crippen molar-refractivity contribution >= 4 is 11.9 Å². The first-order valence-electron chi connectivity index (χ1n) is 5.58. The van der Waals surface area contributed by atoms with E-state index in [1.807, 2.05) is 4.90 Å². The minimum Gasteiger partial charge on any atom is -0.481 e. The molecule has 2 aliphatic rings. The van der Waals surface area contributed by atoms with Crippen LogP contribution in [-0.4, -0.2) is 35.0 Å². The van der Waals surface area contributed by atoms with Crippen LogP contribution in [0.5, 0.6) is 0 Å². The Kier molecular flexibility index (Phi) is 2.67. The molecule has 1 amide bonds. The van der Waals surface area contributed by atoms with E-state index in [2.05, 4.69) is 0 Å². The highest BCUT2D eigenvalue weighted by molar-refractivity contribution is 5.74. The zero-order chi connectivity index (χ0) is 11.0. The average Bonchev–Trinajstić information content (AvgIpc) is 2.97. The van der Waals surface area contributed by atoms with Gasteiger partial charge in [-0.05, 0) is 31.1 Å². The first-order chi connectivity index (χ1) is 7.09. The fourth-order valence-electron chi connectivity index (χ4n) is 2.66. The zero-order valence-electron chi connectivity index (χ0n) is 8.98. The van der Waals surface area contributed by atoms with Crippen molar-refractivity contribution in [3.05, 3.63) is 0 Å². The van der Waals surface area contributed by atoms with Crippen molar-refractivity contribution in [3.63, 3.8) is 0 Å². The summed E-state index contributed by atoms with van der Waals surface area (Å²) >= 11 is 0. The largest absolute Gasteiger partial charge is 0.481 e. The fraction of sp³-hybridized carbons (Fsp3) is 0.818. The Morgan fingerprint density at radius 1 is 1.27 bits per heavy atom. The minimum atomic E-state index is -0.644. The molecule has 15 heavy (non-hydrogen) atoms. The van der Waals surface area contributed by atoms with E-state index in [4.69, 9.17) is 5.11 Å². The van der Waals surface area contributed by atoms with Crippen molar-refractivity contribution < 1.29 is 14.7 Å². The number of likely N-dealkylation sites (tertiary alicyclic amines) is 1. The van der Waals surface area contributed by atoms with Gasteiger partial charge in [0.25, 0.3) is 0 Å². The highest BCUT2D eigenvalue weighted by Crippen LogP contribution is 2.47. The number of amides is 1. The first kappa shape index (κ1) is 10.5. The number of carboxylic acid groups (broad SMARTS) is 1. The number of hydrogen-bond acceptors (Lipinski definition) is 2. The van der Waals surface area contributed by atoms with Crippen LogP contribution in [0.2, 0.25) is 0 Å². The summed E-state index contributed by atoms with van der Waals surface area (Å²) in [6.07, 6.45) is 2.81. The Balaban J connectivity index is 1.80. The number of carbonyl (C=O) groups is 2. The highest BCUT2D eigenvalue weighted by Gasteiger charge is 2.48. The van der Waals surface area contributed by atoms with Gasteiger partial charge in [0, 0.05) is 20.0 Å². The van der Waals surface area contributed by atoms with Crippen LogP contribution in [0.4, 0.5) is 0 Å². The normalized spacial score (nSPS) is 31.4. The first-order valence-corrected chi connectivity index (χ1v) is 5.58. The maximum atomic E-state index is 11.1. The lowest BCUT2D eigenvalue weighted by molar-refractivity contribution is -0.139. The number of piperidine rings is 1. The van der Waals surface area contributed by atoms with Crippen molar-refractivity contribution in [2.24, 2.45) is 17.8 Å². The Labute approximate surface area is 89.3 Å². The van der Waals surface area contributed by atoms with E-state index in [1.54, 1.807) is 6.92 Å². The molecule has 1 aliphatic heterocycles. The van der Waals surface area contributed by atoms with Crippen molar-refractivity contribution in [2.75, 3.05) is 13.1 Å². The van der Waals surface area contributed by atoms with Crippen molar-refractivity contribution in [3.8, 4) is 0 Å². The van der Waals surface area contributed by atoms with Gasteiger partial charge in [-0.25, -0.2) is 0 Å². The van der Waals surface area contributed by atoms with E-state index < -0.39 is 5.97 Å². The number of hydrogen-bond donors (Lipinski definition) is 1. The van der Waals surface area contributed by atoms with Gasteiger partial charge in [-0.3, -0.25) is 9.59 Å². The van der Waals surface area contributed by atoms with E-state index in [1.165, 1.54) is 0 Å². The van der Waals surface area contributed by atoms with Crippen LogP contribution in [0.3, 0.4) is 0 Å². The van der Waals surface area contributed by atoms with Crippen LogP contribution < -0.4 is 0 Å². The van der Waals surface area contributed by atoms with Gasteiger partial charge in [-0.15, -0.1) is 0 Å². The Bertz CT molecular complexity index is 282. The molecule has 1 heterocycles. The van der Waals surface area contributed by atoms with E-state index in [9.17, 15) is 9.59 Å². The van der Waals surface area contributed by atoms with Gasteiger partial charge in [0.2, 0.25) is 5.91 Å². The molecular formula is C11H17NO3. The Hall–Kier alpha value is -1.06. The molecule has 84 valence electrons. The molecule has 1 saturated carbocycles. The van der Waals surface area contributed by atoms with Gasteiger partial charge >= 0.3 is 5.97 Å². The Morgan fingerprint density at radius 2 is 1.87 bits per heavy atom. The van der Waals surface area contributed by atoms with Crippen molar-refractivity contribution in [1.82, 2.24) is 4.90 Å². The minimum absolute atomic E-state index is 0.0983. The van der Waals surface area contributed by atoms with Gasteiger partial charge in [-0.2, -0.15) is 0 Å². The highest BCUT2D eigenvalue weighted by atomic mass is 16.4. The van der Waals surface area contributed by atoms with Crippen LogP contribution in [0.25, 0.3) is 0 Å². The molecule has 2 unspecified atom stereocenters. The molecule has 1 N–H and O–H groups in total. The molecule has 1 aliphatic carbocycles. The van der Waals surface area contributed by atoms with Crippen LogP contribution in [-0.2, 0) is 9.59 Å². The predicted octanol–water partition coefficient (Wildman–Crippen LogP) is 0.966. The number of carbonyl (C=O) groups excluding carboxylic acids is 1. The summed E-state index contributed by atoms with van der Waals surface area (Å²) < 4.78 is 0. The molecule has 0 aromatic heterocycles. The predicted molar refractivity (Wildman–Crippen MR) is 54.2 cm³/mol. The van der Waals surface area contributed by atoms with E-state index in [0.29, 0.717) is 11.8 Å². The summed E-state index contributed by atoms with van der Waals surface area (Å²) in [5.74, 6) is 0.310. The summed E-state index contributed by atoms with van der Waals surface area (Å²) in [6.45, 7) is 3.21. The van der Waals surface area contributed by atoms with Crippen molar-refractivity contribution in [2.45, 2.75) is 26.2 Å². The summed E-state index contributed by atoms with van der Waals surface area (Å²) in [5, 5.41) is 8.83. The summed E-state index contributed by atoms with van der Waals surface area (Å²) in [6, 6.07) is 0. The molecular weight excluding hydrogens is 194 g/mol. The third-order valence-corrected chi connectivity index (χ3v) is 3.75. The quantitative estimate of drug-likeness (QED) is 0.740. The molecule has 0 spiro atoms. The van der Waals surface area contributed by atoms with Gasteiger partial charge in [0.15, 0.2) is 0 Å². The van der Waals surface area contributed by atoms with Gasteiger partial charge in [0.05, 0.1) is 5.92 Å². The standard InChI is InChI=1S/C11H17NO3/c1-7(13)12-4-2-8(3-5-12)9-6-10(9)11(14)15/h8-10H,2-6H2,1H3,(H,14,15). The van der Waals surface area contributed by atoms with E-state index in [0.717, 1.165) is 32.4 Å². The number of rotatable bonds is 2. The maximum Gasteiger partial charge on any atom is 0.306 e. The molecule has 0 bridgehead atoms. The maximum absolute atomic E-state index is 11.1. The zero-order valence-corrected chi connectivity index (χ0v) is 8.98. The van der Waals surface area contributed by atoms with Gasteiger partial charge in [0.1, 0.15) is 0 Å². The lowest BCUT2D eigenvalue weighted by Crippen LogP contribution is -2.37. The molecule has 2 fully saturated rings. The third kappa shape index (κ3) is 2.13. The molecule has 4 heteroatoms. The lowest BCUT2D eigenvalue weighted by atomic mass is 9.91. The molecule has 0 aromatic rings. The molecule has 4 nitrogen and oxygen atoms in total. The average molecular weight is 211 g/mol. The van der Waals surface area contributed by atoms with Crippen LogP contribution in [0, 0.1) is 17.8 Å². The monoisotopic (exact) mass is 211 g/mol. The second-order valence-electron chi connectivity index (χ2n) is 4.69. The molecule has 0 radical (unpaired) electrons. The van der Waals surface area contributed by atoms with E-state index >= 15 is 0 Å². The fourth-order valence-corrected chi connectivity index (χ4v) is 2.66. The molecule has 1 saturated heterocycles. The summed E-state index contributed by atoms with van der Waals surface area (Å²) in [4.78, 5) is 23.7. The second kappa shape index (κ2) is 3.83. The second-order valence-corrected chi connectivity index (χ2v) is 4.69.